The van der Waals surface area contributed by atoms with Gasteiger partial charge in [0, 0.05) is 4.92 Å². The van der Waals surface area contributed by atoms with Gasteiger partial charge in [0.15, 0.2) is 0 Å². The molecule has 13 heavy (non-hydrogen) atoms. The van der Waals surface area contributed by atoms with Gasteiger partial charge in [0.05, 0.1) is 6.61 Å². The molecule has 1 N–H and O–H groups in total. The molecule has 0 aromatic rings. The highest BCUT2D eigenvalue weighted by atomic mass is 16.6. The number of carbonyl (C=O) groups is 1. The lowest BCUT2D eigenvalue weighted by Crippen LogP contribution is -2.40. The number of hydrogen-bond acceptors (Lipinski definition) is 6. The van der Waals surface area contributed by atoms with Crippen LogP contribution in [0.3, 0.4) is 0 Å². The highest BCUT2D eigenvalue weighted by molar-refractivity contribution is 6.35. The van der Waals surface area contributed by atoms with E-state index in [1.54, 1.807) is 6.92 Å². The maximum absolute atomic E-state index is 11.0. The number of amidine groups is 1. The molecule has 1 atom stereocenters. The summed E-state index contributed by atoms with van der Waals surface area (Å²) in [4.78, 5) is 24.3. The summed E-state index contributed by atoms with van der Waals surface area (Å²) in [5.74, 6) is -0.713. The number of nitro groups is 1. The molecule has 0 aromatic carbocycles. The van der Waals surface area contributed by atoms with Crippen molar-refractivity contribution < 1.29 is 14.5 Å². The maximum Gasteiger partial charge on any atom is 0.373 e. The summed E-state index contributed by atoms with van der Waals surface area (Å²) in [6.07, 6.45) is -1.00. The molecule has 1 aliphatic rings. The van der Waals surface area contributed by atoms with Crippen molar-refractivity contribution in [3.8, 4) is 0 Å². The summed E-state index contributed by atoms with van der Waals surface area (Å²) in [7, 11) is 0. The van der Waals surface area contributed by atoms with Crippen molar-refractivity contribution >= 4 is 11.8 Å². The van der Waals surface area contributed by atoms with Crippen LogP contribution >= 0.6 is 0 Å². The molecular weight excluding hydrogens is 178 g/mol. The fourth-order valence-electron chi connectivity index (χ4n) is 0.869. The molecule has 1 unspecified atom stereocenters. The van der Waals surface area contributed by atoms with Gasteiger partial charge in [-0.05, 0) is 6.92 Å². The molecule has 0 bridgehead atoms. The number of rotatable bonds is 3. The first-order chi connectivity index (χ1) is 6.15. The monoisotopic (exact) mass is 187 g/mol. The Bertz CT molecular complexity index is 263. The third-order valence-electron chi connectivity index (χ3n) is 1.45. The van der Waals surface area contributed by atoms with Gasteiger partial charge in [-0.25, -0.2) is 4.79 Å². The van der Waals surface area contributed by atoms with Crippen molar-refractivity contribution in [2.24, 2.45) is 4.99 Å². The highest BCUT2D eigenvalue weighted by Gasteiger charge is 2.30. The Labute approximate surface area is 73.9 Å². The number of carbonyl (C=O) groups excluding carboxylic acids is 1. The lowest BCUT2D eigenvalue weighted by atomic mass is 10.5. The SMILES string of the molecule is CCOC(=O)C1=NCC([N+](=O)[O-])N1. The Balaban J connectivity index is 2.48. The van der Waals surface area contributed by atoms with E-state index in [2.05, 4.69) is 15.0 Å². The van der Waals surface area contributed by atoms with Crippen LogP contribution in [0.2, 0.25) is 0 Å². The van der Waals surface area contributed by atoms with Crippen LogP contribution in [0.5, 0.6) is 0 Å². The Hall–Kier alpha value is -1.66. The minimum atomic E-state index is -1.00. The number of nitrogens with zero attached hydrogens (tertiary/aromatic N) is 2. The molecule has 7 nitrogen and oxygen atoms in total. The zero-order valence-corrected chi connectivity index (χ0v) is 7.02. The predicted octanol–water partition coefficient (Wildman–Crippen LogP) is -0.846. The van der Waals surface area contributed by atoms with E-state index >= 15 is 0 Å². The molecule has 0 aliphatic carbocycles. The van der Waals surface area contributed by atoms with Crippen LogP contribution in [0, 0.1) is 10.1 Å². The summed E-state index contributed by atoms with van der Waals surface area (Å²) >= 11 is 0. The maximum atomic E-state index is 11.0. The minimum absolute atomic E-state index is 0.0266. The zero-order chi connectivity index (χ0) is 9.84. The van der Waals surface area contributed by atoms with Crippen LogP contribution in [-0.4, -0.2) is 36.0 Å². The Morgan fingerprint density at radius 3 is 3.08 bits per heavy atom. The molecule has 0 saturated heterocycles. The van der Waals surface area contributed by atoms with Gasteiger partial charge in [-0.15, -0.1) is 0 Å². The van der Waals surface area contributed by atoms with E-state index < -0.39 is 17.1 Å². The van der Waals surface area contributed by atoms with Gasteiger partial charge in [0.2, 0.25) is 5.84 Å². The summed E-state index contributed by atoms with van der Waals surface area (Å²) in [6.45, 7) is 1.85. The number of ether oxygens (including phenoxy) is 1. The second-order valence-corrected chi connectivity index (χ2v) is 2.36. The lowest BCUT2D eigenvalue weighted by molar-refractivity contribution is -0.521. The minimum Gasteiger partial charge on any atom is -0.460 e. The van der Waals surface area contributed by atoms with Crippen molar-refractivity contribution in [2.45, 2.75) is 13.1 Å². The second kappa shape index (κ2) is 3.83. The lowest BCUT2D eigenvalue weighted by Gasteiger charge is -2.03. The Morgan fingerprint density at radius 1 is 1.92 bits per heavy atom. The molecule has 0 fully saturated rings. The van der Waals surface area contributed by atoms with Crippen LogP contribution in [0.4, 0.5) is 0 Å². The van der Waals surface area contributed by atoms with E-state index in [4.69, 9.17) is 0 Å². The Kier molecular flexibility index (Phi) is 2.78. The van der Waals surface area contributed by atoms with Gasteiger partial charge >= 0.3 is 12.1 Å². The van der Waals surface area contributed by atoms with E-state index in [9.17, 15) is 14.9 Å². The van der Waals surface area contributed by atoms with Crippen molar-refractivity contribution in [3.05, 3.63) is 10.1 Å². The van der Waals surface area contributed by atoms with Gasteiger partial charge in [0.25, 0.3) is 0 Å². The summed E-state index contributed by atoms with van der Waals surface area (Å²) in [6, 6.07) is 0. The second-order valence-electron chi connectivity index (χ2n) is 2.36. The molecule has 1 aliphatic heterocycles. The van der Waals surface area contributed by atoms with Crippen LogP contribution in [0.15, 0.2) is 4.99 Å². The third-order valence-corrected chi connectivity index (χ3v) is 1.45. The number of hydrogen-bond donors (Lipinski definition) is 1. The summed E-state index contributed by atoms with van der Waals surface area (Å²) in [5, 5.41) is 12.6. The molecule has 1 heterocycles. The topological polar surface area (TPSA) is 93.8 Å². The largest absolute Gasteiger partial charge is 0.460 e. The molecule has 7 heteroatoms. The summed E-state index contributed by atoms with van der Waals surface area (Å²) in [5.41, 5.74) is 0. The molecule has 0 radical (unpaired) electrons. The molecule has 0 spiro atoms. The van der Waals surface area contributed by atoms with Crippen molar-refractivity contribution in [3.63, 3.8) is 0 Å². The van der Waals surface area contributed by atoms with Crippen LogP contribution in [-0.2, 0) is 9.53 Å². The fraction of sp³-hybridized carbons (Fsp3) is 0.667. The summed E-state index contributed by atoms with van der Waals surface area (Å²) < 4.78 is 4.60. The average Bonchev–Trinajstić information content (AvgIpc) is 2.52. The highest BCUT2D eigenvalue weighted by Crippen LogP contribution is 1.98. The first-order valence-electron chi connectivity index (χ1n) is 3.76. The van der Waals surface area contributed by atoms with Crippen LogP contribution in [0.25, 0.3) is 0 Å². The smallest absolute Gasteiger partial charge is 0.373 e. The van der Waals surface area contributed by atoms with Gasteiger partial charge in [-0.3, -0.25) is 15.1 Å². The normalized spacial score (nSPS) is 20.4. The average molecular weight is 187 g/mol. The standard InChI is InChI=1S/C6H9N3O4/c1-2-13-6(10)5-7-3-4(8-5)9(11)12/h4H,2-3H2,1H3,(H,7,8). The molecule has 0 saturated carbocycles. The molecule has 1 rings (SSSR count). The van der Waals surface area contributed by atoms with Crippen molar-refractivity contribution in [1.82, 2.24) is 5.32 Å². The molecule has 0 amide bonds. The van der Waals surface area contributed by atoms with E-state index in [1.807, 2.05) is 0 Å². The Morgan fingerprint density at radius 2 is 2.62 bits per heavy atom. The number of aliphatic imine (C=N–C) groups is 1. The number of esters is 1. The van der Waals surface area contributed by atoms with Gasteiger partial charge < -0.3 is 10.1 Å². The third kappa shape index (κ3) is 2.14. The van der Waals surface area contributed by atoms with Crippen LogP contribution < -0.4 is 5.32 Å². The van der Waals surface area contributed by atoms with E-state index in [0.717, 1.165) is 0 Å². The zero-order valence-electron chi connectivity index (χ0n) is 7.02. The van der Waals surface area contributed by atoms with Crippen molar-refractivity contribution in [1.29, 1.82) is 0 Å². The van der Waals surface area contributed by atoms with E-state index in [-0.39, 0.29) is 19.0 Å². The van der Waals surface area contributed by atoms with Gasteiger partial charge in [0.1, 0.15) is 6.54 Å². The fourth-order valence-corrected chi connectivity index (χ4v) is 0.869. The molecular formula is C6H9N3O4. The van der Waals surface area contributed by atoms with Gasteiger partial charge in [-0.2, -0.15) is 0 Å². The molecule has 0 aromatic heterocycles. The number of nitrogens with one attached hydrogen (secondary N) is 1. The predicted molar refractivity (Wildman–Crippen MR) is 42.9 cm³/mol. The molecule has 72 valence electrons. The van der Waals surface area contributed by atoms with Crippen LogP contribution in [0.1, 0.15) is 6.92 Å². The van der Waals surface area contributed by atoms with Gasteiger partial charge in [-0.1, -0.05) is 0 Å². The van der Waals surface area contributed by atoms with Crippen molar-refractivity contribution in [2.75, 3.05) is 13.2 Å². The van der Waals surface area contributed by atoms with E-state index in [0.29, 0.717) is 0 Å². The first kappa shape index (κ1) is 9.43. The first-order valence-corrected chi connectivity index (χ1v) is 3.76. The quantitative estimate of drug-likeness (QED) is 0.353. The van der Waals surface area contributed by atoms with E-state index in [1.165, 1.54) is 0 Å².